The van der Waals surface area contributed by atoms with Gasteiger partial charge in [-0.05, 0) is 20.3 Å². The standard InChI is InChI=1S/C14H23N3O3/c1-6-10(4)17-12(7-8-15-17)16-13(18)11(5)20-14(19)9(2)3/h7-11H,6H2,1-5H3,(H,16,18)/t10-,11+/m0/s1. The fraction of sp³-hybridized carbons (Fsp3) is 0.643. The molecule has 0 bridgehead atoms. The van der Waals surface area contributed by atoms with E-state index in [1.54, 1.807) is 37.7 Å². The van der Waals surface area contributed by atoms with E-state index in [4.69, 9.17) is 4.74 Å². The van der Waals surface area contributed by atoms with Gasteiger partial charge in [-0.15, -0.1) is 0 Å². The lowest BCUT2D eigenvalue weighted by molar-refractivity contribution is -0.156. The van der Waals surface area contributed by atoms with Crippen LogP contribution in [0.2, 0.25) is 0 Å². The summed E-state index contributed by atoms with van der Waals surface area (Å²) in [6.07, 6.45) is 1.71. The molecule has 1 amide bonds. The smallest absolute Gasteiger partial charge is 0.309 e. The molecule has 0 saturated carbocycles. The highest BCUT2D eigenvalue weighted by molar-refractivity contribution is 5.94. The maximum atomic E-state index is 12.0. The van der Waals surface area contributed by atoms with Gasteiger partial charge in [0.05, 0.1) is 18.2 Å². The number of ether oxygens (including phenoxy) is 1. The number of hydrogen-bond donors (Lipinski definition) is 1. The van der Waals surface area contributed by atoms with E-state index >= 15 is 0 Å². The SMILES string of the molecule is CC[C@H](C)n1nccc1NC(=O)[C@@H](C)OC(=O)C(C)C. The van der Waals surface area contributed by atoms with Gasteiger partial charge in [-0.25, -0.2) is 4.68 Å². The molecule has 0 aliphatic heterocycles. The van der Waals surface area contributed by atoms with E-state index in [0.717, 1.165) is 6.42 Å². The number of hydrogen-bond acceptors (Lipinski definition) is 4. The zero-order valence-electron chi connectivity index (χ0n) is 12.7. The molecule has 1 N–H and O–H groups in total. The molecular weight excluding hydrogens is 258 g/mol. The topological polar surface area (TPSA) is 73.2 Å². The number of aromatic nitrogens is 2. The summed E-state index contributed by atoms with van der Waals surface area (Å²) in [5.41, 5.74) is 0. The molecular formula is C14H23N3O3. The summed E-state index contributed by atoms with van der Waals surface area (Å²) in [5.74, 6) is -0.389. The molecule has 1 heterocycles. The Labute approximate surface area is 119 Å². The molecule has 2 atom stereocenters. The summed E-state index contributed by atoms with van der Waals surface area (Å²) in [5, 5.41) is 6.92. The van der Waals surface area contributed by atoms with Crippen LogP contribution in [0.15, 0.2) is 12.3 Å². The maximum Gasteiger partial charge on any atom is 0.309 e. The molecule has 6 heteroatoms. The first-order valence-corrected chi connectivity index (χ1v) is 6.91. The largest absolute Gasteiger partial charge is 0.452 e. The molecule has 0 aromatic carbocycles. The number of nitrogens with zero attached hydrogens (tertiary/aromatic N) is 2. The number of amides is 1. The Morgan fingerprint density at radius 2 is 2.00 bits per heavy atom. The second kappa shape index (κ2) is 7.07. The molecule has 1 aromatic rings. The monoisotopic (exact) mass is 281 g/mol. The van der Waals surface area contributed by atoms with Crippen molar-refractivity contribution in [2.75, 3.05) is 5.32 Å². The van der Waals surface area contributed by atoms with Crippen LogP contribution in [0.4, 0.5) is 5.82 Å². The van der Waals surface area contributed by atoms with Gasteiger partial charge in [-0.1, -0.05) is 20.8 Å². The molecule has 0 aliphatic carbocycles. The highest BCUT2D eigenvalue weighted by atomic mass is 16.5. The van der Waals surface area contributed by atoms with Gasteiger partial charge in [0.2, 0.25) is 0 Å². The fourth-order valence-electron chi connectivity index (χ4n) is 1.53. The maximum absolute atomic E-state index is 12.0. The van der Waals surface area contributed by atoms with E-state index in [-0.39, 0.29) is 23.8 Å². The van der Waals surface area contributed by atoms with Gasteiger partial charge in [0.25, 0.3) is 5.91 Å². The van der Waals surface area contributed by atoms with Crippen molar-refractivity contribution in [1.82, 2.24) is 9.78 Å². The van der Waals surface area contributed by atoms with Crippen LogP contribution in [-0.4, -0.2) is 27.8 Å². The van der Waals surface area contributed by atoms with Gasteiger partial charge in [0.15, 0.2) is 6.10 Å². The minimum atomic E-state index is -0.829. The summed E-state index contributed by atoms with van der Waals surface area (Å²) in [7, 11) is 0. The molecule has 0 radical (unpaired) electrons. The number of esters is 1. The van der Waals surface area contributed by atoms with Crippen LogP contribution in [0.5, 0.6) is 0 Å². The van der Waals surface area contributed by atoms with Crippen molar-refractivity contribution < 1.29 is 14.3 Å². The molecule has 112 valence electrons. The Kier molecular flexibility index (Phi) is 5.73. The molecule has 20 heavy (non-hydrogen) atoms. The summed E-state index contributed by atoms with van der Waals surface area (Å²) in [4.78, 5) is 23.5. The molecule has 0 unspecified atom stereocenters. The Bertz CT molecular complexity index is 468. The lowest BCUT2D eigenvalue weighted by Gasteiger charge is -2.17. The van der Waals surface area contributed by atoms with Crippen molar-refractivity contribution in [3.05, 3.63) is 12.3 Å². The lowest BCUT2D eigenvalue weighted by Crippen LogP contribution is -2.32. The first kappa shape index (κ1) is 16.2. The summed E-state index contributed by atoms with van der Waals surface area (Å²) in [6, 6.07) is 1.91. The summed E-state index contributed by atoms with van der Waals surface area (Å²) < 4.78 is 6.81. The first-order chi connectivity index (χ1) is 9.36. The predicted octanol–water partition coefficient (Wildman–Crippen LogP) is 2.38. The third-order valence-corrected chi connectivity index (χ3v) is 3.06. The van der Waals surface area contributed by atoms with Gasteiger partial charge in [0, 0.05) is 6.07 Å². The van der Waals surface area contributed by atoms with E-state index in [1.165, 1.54) is 0 Å². The number of nitrogens with one attached hydrogen (secondary N) is 1. The van der Waals surface area contributed by atoms with Crippen molar-refractivity contribution in [3.8, 4) is 0 Å². The highest BCUT2D eigenvalue weighted by Gasteiger charge is 2.21. The number of carbonyl (C=O) groups is 2. The quantitative estimate of drug-likeness (QED) is 0.812. The molecule has 0 aliphatic rings. The average Bonchev–Trinajstić information content (AvgIpc) is 2.85. The van der Waals surface area contributed by atoms with E-state index in [2.05, 4.69) is 10.4 Å². The normalized spacial score (nSPS) is 13.9. The number of rotatable bonds is 6. The number of anilines is 1. The second-order valence-electron chi connectivity index (χ2n) is 5.14. The van der Waals surface area contributed by atoms with Crippen LogP contribution < -0.4 is 5.32 Å². The third-order valence-electron chi connectivity index (χ3n) is 3.06. The Hall–Kier alpha value is -1.85. The van der Waals surface area contributed by atoms with Crippen LogP contribution in [0, 0.1) is 5.92 Å². The van der Waals surface area contributed by atoms with Crippen molar-refractivity contribution in [2.24, 2.45) is 5.92 Å². The van der Waals surface area contributed by atoms with Crippen molar-refractivity contribution in [2.45, 2.75) is 53.2 Å². The minimum absolute atomic E-state index is 0.189. The van der Waals surface area contributed by atoms with Crippen LogP contribution in [0.3, 0.4) is 0 Å². The van der Waals surface area contributed by atoms with Crippen LogP contribution in [-0.2, 0) is 14.3 Å². The molecule has 0 spiro atoms. The zero-order valence-corrected chi connectivity index (χ0v) is 12.7. The zero-order chi connectivity index (χ0) is 15.3. The van der Waals surface area contributed by atoms with Gasteiger partial charge >= 0.3 is 5.97 Å². The third kappa shape index (κ3) is 4.08. The predicted molar refractivity (Wildman–Crippen MR) is 76.3 cm³/mol. The molecule has 0 fully saturated rings. The summed E-state index contributed by atoms with van der Waals surface area (Å²) >= 11 is 0. The van der Waals surface area contributed by atoms with Crippen LogP contribution >= 0.6 is 0 Å². The van der Waals surface area contributed by atoms with Gasteiger partial charge in [0.1, 0.15) is 5.82 Å². The summed E-state index contributed by atoms with van der Waals surface area (Å²) in [6.45, 7) is 9.07. The average molecular weight is 281 g/mol. The molecule has 6 nitrogen and oxygen atoms in total. The van der Waals surface area contributed by atoms with Crippen molar-refractivity contribution in [3.63, 3.8) is 0 Å². The Morgan fingerprint density at radius 1 is 1.35 bits per heavy atom. The molecule has 0 saturated heterocycles. The first-order valence-electron chi connectivity index (χ1n) is 6.91. The van der Waals surface area contributed by atoms with Crippen molar-refractivity contribution in [1.29, 1.82) is 0 Å². The van der Waals surface area contributed by atoms with E-state index in [1.807, 2.05) is 13.8 Å². The minimum Gasteiger partial charge on any atom is -0.452 e. The highest BCUT2D eigenvalue weighted by Crippen LogP contribution is 2.16. The second-order valence-corrected chi connectivity index (χ2v) is 5.14. The fourth-order valence-corrected chi connectivity index (χ4v) is 1.53. The van der Waals surface area contributed by atoms with Gasteiger partial charge < -0.3 is 10.1 Å². The van der Waals surface area contributed by atoms with Crippen LogP contribution in [0.1, 0.15) is 47.1 Å². The molecule has 1 rings (SSSR count). The van der Waals surface area contributed by atoms with E-state index in [9.17, 15) is 9.59 Å². The Balaban J connectivity index is 2.67. The molecule has 1 aromatic heterocycles. The van der Waals surface area contributed by atoms with Gasteiger partial charge in [-0.2, -0.15) is 5.10 Å². The number of carbonyl (C=O) groups excluding carboxylic acids is 2. The van der Waals surface area contributed by atoms with E-state index < -0.39 is 6.10 Å². The van der Waals surface area contributed by atoms with Crippen LogP contribution in [0.25, 0.3) is 0 Å². The van der Waals surface area contributed by atoms with E-state index in [0.29, 0.717) is 5.82 Å². The lowest BCUT2D eigenvalue weighted by atomic mass is 10.2. The Morgan fingerprint density at radius 3 is 2.55 bits per heavy atom. The van der Waals surface area contributed by atoms with Gasteiger partial charge in [-0.3, -0.25) is 9.59 Å². The van der Waals surface area contributed by atoms with Crippen molar-refractivity contribution >= 4 is 17.7 Å².